The molecule has 3 heterocycles. The highest BCUT2D eigenvalue weighted by molar-refractivity contribution is 7.18. The molecule has 0 spiro atoms. The molecule has 1 saturated heterocycles. The standard InChI is InChI=1S/C22H25N5O3S/c1-13-15(3)31-22-19(13)20(23-12-24-22)26-9-7-16(8-10-26)21(28)25-14(2)17-5-4-6-18(11-17)27(29)30/h4-6,11-12,14,16H,7-10H2,1-3H3,(H,25,28). The van der Waals surface area contributed by atoms with Gasteiger partial charge in [-0.15, -0.1) is 11.3 Å². The second kappa shape index (κ2) is 8.58. The van der Waals surface area contributed by atoms with Gasteiger partial charge in [0.05, 0.1) is 16.4 Å². The van der Waals surface area contributed by atoms with Crippen LogP contribution in [0.25, 0.3) is 10.2 Å². The molecule has 1 fully saturated rings. The second-order valence-electron chi connectivity index (χ2n) is 8.00. The van der Waals surface area contributed by atoms with Crippen LogP contribution in [0.3, 0.4) is 0 Å². The number of hydrogen-bond acceptors (Lipinski definition) is 7. The van der Waals surface area contributed by atoms with Gasteiger partial charge in [0.15, 0.2) is 0 Å². The minimum atomic E-state index is -0.422. The van der Waals surface area contributed by atoms with Crippen LogP contribution in [0, 0.1) is 29.9 Å². The number of benzene rings is 1. The highest BCUT2D eigenvalue weighted by Crippen LogP contribution is 2.35. The summed E-state index contributed by atoms with van der Waals surface area (Å²) in [5, 5.41) is 15.1. The fourth-order valence-corrected chi connectivity index (χ4v) is 5.07. The summed E-state index contributed by atoms with van der Waals surface area (Å²) < 4.78 is 0. The summed E-state index contributed by atoms with van der Waals surface area (Å²) in [6.07, 6.45) is 3.09. The van der Waals surface area contributed by atoms with Crippen molar-refractivity contribution in [2.24, 2.45) is 5.92 Å². The van der Waals surface area contributed by atoms with Crippen LogP contribution in [-0.2, 0) is 4.79 Å². The molecule has 8 nitrogen and oxygen atoms in total. The van der Waals surface area contributed by atoms with Crippen molar-refractivity contribution >= 4 is 39.0 Å². The first kappa shape index (κ1) is 21.2. The number of anilines is 1. The number of nitro groups is 1. The van der Waals surface area contributed by atoms with E-state index in [1.54, 1.807) is 29.8 Å². The fraction of sp³-hybridized carbons (Fsp3) is 0.409. The monoisotopic (exact) mass is 439 g/mol. The summed E-state index contributed by atoms with van der Waals surface area (Å²) in [6.45, 7) is 7.57. The molecule has 4 rings (SSSR count). The molecule has 0 radical (unpaired) electrons. The van der Waals surface area contributed by atoms with Crippen molar-refractivity contribution < 1.29 is 9.72 Å². The number of non-ortho nitro benzene ring substituents is 1. The number of aryl methyl sites for hydroxylation is 2. The normalized spacial score (nSPS) is 15.8. The molecule has 9 heteroatoms. The van der Waals surface area contributed by atoms with Crippen molar-refractivity contribution in [2.45, 2.75) is 39.7 Å². The predicted molar refractivity (Wildman–Crippen MR) is 121 cm³/mol. The summed E-state index contributed by atoms with van der Waals surface area (Å²) >= 11 is 1.69. The average molecular weight is 440 g/mol. The van der Waals surface area contributed by atoms with Crippen molar-refractivity contribution in [3.63, 3.8) is 0 Å². The molecule has 162 valence electrons. The molecule has 31 heavy (non-hydrogen) atoms. The van der Waals surface area contributed by atoms with Crippen molar-refractivity contribution in [2.75, 3.05) is 18.0 Å². The molecule has 1 unspecified atom stereocenters. The maximum absolute atomic E-state index is 12.8. The number of nitro benzene ring substituents is 1. The first-order chi connectivity index (χ1) is 14.8. The van der Waals surface area contributed by atoms with Crippen molar-refractivity contribution in [3.8, 4) is 0 Å². The number of carbonyl (C=O) groups excluding carboxylic acids is 1. The number of thiophene rings is 1. The predicted octanol–water partition coefficient (Wildman–Crippen LogP) is 4.31. The van der Waals surface area contributed by atoms with Gasteiger partial charge in [0.2, 0.25) is 5.91 Å². The lowest BCUT2D eigenvalue weighted by Gasteiger charge is -2.33. The Balaban J connectivity index is 1.41. The highest BCUT2D eigenvalue weighted by Gasteiger charge is 2.28. The first-order valence-electron chi connectivity index (χ1n) is 10.4. The van der Waals surface area contributed by atoms with E-state index in [1.165, 1.54) is 22.6 Å². The van der Waals surface area contributed by atoms with Gasteiger partial charge in [0.1, 0.15) is 17.0 Å². The van der Waals surface area contributed by atoms with Crippen molar-refractivity contribution in [3.05, 3.63) is 56.7 Å². The lowest BCUT2D eigenvalue weighted by Crippen LogP contribution is -2.41. The third kappa shape index (κ3) is 4.23. The third-order valence-corrected chi connectivity index (χ3v) is 7.17. The number of rotatable bonds is 5. The van der Waals surface area contributed by atoms with Gasteiger partial charge >= 0.3 is 0 Å². The van der Waals surface area contributed by atoms with Crippen LogP contribution in [0.1, 0.15) is 41.8 Å². The van der Waals surface area contributed by atoms with E-state index >= 15 is 0 Å². The number of nitrogens with one attached hydrogen (secondary N) is 1. The number of aromatic nitrogens is 2. The van der Waals surface area contributed by atoms with E-state index in [1.807, 2.05) is 6.92 Å². The second-order valence-corrected chi connectivity index (χ2v) is 9.21. The van der Waals surface area contributed by atoms with E-state index in [9.17, 15) is 14.9 Å². The number of nitrogens with zero attached hydrogens (tertiary/aromatic N) is 4. The Morgan fingerprint density at radius 2 is 2.03 bits per heavy atom. The molecule has 1 aliphatic rings. The number of carbonyl (C=O) groups is 1. The van der Waals surface area contributed by atoms with E-state index in [0.29, 0.717) is 0 Å². The van der Waals surface area contributed by atoms with Gasteiger partial charge in [-0.05, 0) is 44.7 Å². The molecule has 0 aliphatic carbocycles. The molecule has 0 saturated carbocycles. The van der Waals surface area contributed by atoms with Crippen LogP contribution >= 0.6 is 11.3 Å². The van der Waals surface area contributed by atoms with Gasteiger partial charge in [0.25, 0.3) is 5.69 Å². The maximum atomic E-state index is 12.8. The molecular formula is C22H25N5O3S. The summed E-state index contributed by atoms with van der Waals surface area (Å²) in [7, 11) is 0. The lowest BCUT2D eigenvalue weighted by molar-refractivity contribution is -0.384. The molecule has 3 aromatic rings. The largest absolute Gasteiger partial charge is 0.356 e. The fourth-order valence-electron chi connectivity index (χ4n) is 4.08. The Bertz CT molecular complexity index is 1140. The SMILES string of the molecule is Cc1sc2ncnc(N3CCC(C(=O)NC(C)c4cccc([N+](=O)[O-])c4)CC3)c2c1C. The molecule has 1 amide bonds. The van der Waals surface area contributed by atoms with Crippen LogP contribution in [-0.4, -0.2) is 33.9 Å². The van der Waals surface area contributed by atoms with Gasteiger partial charge in [-0.3, -0.25) is 14.9 Å². The van der Waals surface area contributed by atoms with Gasteiger partial charge < -0.3 is 10.2 Å². The quantitative estimate of drug-likeness (QED) is 0.470. The molecular weight excluding hydrogens is 414 g/mol. The third-order valence-electron chi connectivity index (χ3n) is 6.05. The smallest absolute Gasteiger partial charge is 0.269 e. The topological polar surface area (TPSA) is 101 Å². The first-order valence-corrected chi connectivity index (χ1v) is 11.2. The number of piperidine rings is 1. The van der Waals surface area contributed by atoms with Gasteiger partial charge in [-0.2, -0.15) is 0 Å². The van der Waals surface area contributed by atoms with Crippen LogP contribution in [0.2, 0.25) is 0 Å². The molecule has 1 N–H and O–H groups in total. The minimum absolute atomic E-state index is 0.00551. The Labute approximate surface area is 184 Å². The van der Waals surface area contributed by atoms with Crippen LogP contribution in [0.5, 0.6) is 0 Å². The molecule has 0 bridgehead atoms. The summed E-state index contributed by atoms with van der Waals surface area (Å²) in [5.74, 6) is 0.866. The highest BCUT2D eigenvalue weighted by atomic mass is 32.1. The van der Waals surface area contributed by atoms with Crippen LogP contribution in [0.4, 0.5) is 11.5 Å². The van der Waals surface area contributed by atoms with E-state index < -0.39 is 4.92 Å². The average Bonchev–Trinajstić information content (AvgIpc) is 3.07. The number of hydrogen-bond donors (Lipinski definition) is 1. The minimum Gasteiger partial charge on any atom is -0.356 e. The number of fused-ring (bicyclic) bond motifs is 1. The van der Waals surface area contributed by atoms with E-state index in [2.05, 4.69) is 34.0 Å². The van der Waals surface area contributed by atoms with E-state index in [4.69, 9.17) is 0 Å². The zero-order chi connectivity index (χ0) is 22.1. The van der Waals surface area contributed by atoms with Gasteiger partial charge in [-0.1, -0.05) is 12.1 Å². The number of amides is 1. The zero-order valence-corrected chi connectivity index (χ0v) is 18.6. The van der Waals surface area contributed by atoms with Gasteiger partial charge in [-0.25, -0.2) is 9.97 Å². The Kier molecular flexibility index (Phi) is 5.86. The summed E-state index contributed by atoms with van der Waals surface area (Å²) in [5.41, 5.74) is 1.98. The van der Waals surface area contributed by atoms with E-state index in [0.717, 1.165) is 47.5 Å². The molecule has 2 aromatic heterocycles. The van der Waals surface area contributed by atoms with Crippen LogP contribution in [0.15, 0.2) is 30.6 Å². The Morgan fingerprint density at radius 3 is 2.74 bits per heavy atom. The summed E-state index contributed by atoms with van der Waals surface area (Å²) in [6, 6.07) is 6.12. The molecule has 1 aliphatic heterocycles. The Morgan fingerprint density at radius 1 is 1.29 bits per heavy atom. The lowest BCUT2D eigenvalue weighted by atomic mass is 9.95. The maximum Gasteiger partial charge on any atom is 0.269 e. The van der Waals surface area contributed by atoms with Gasteiger partial charge in [0, 0.05) is 36.0 Å². The zero-order valence-electron chi connectivity index (χ0n) is 17.8. The molecule has 1 aromatic carbocycles. The van der Waals surface area contributed by atoms with E-state index in [-0.39, 0.29) is 23.6 Å². The molecule has 1 atom stereocenters. The Hall–Kier alpha value is -3.07. The summed E-state index contributed by atoms with van der Waals surface area (Å²) in [4.78, 5) is 36.9. The van der Waals surface area contributed by atoms with Crippen molar-refractivity contribution in [1.29, 1.82) is 0 Å². The van der Waals surface area contributed by atoms with Crippen molar-refractivity contribution in [1.82, 2.24) is 15.3 Å². The van der Waals surface area contributed by atoms with Crippen LogP contribution < -0.4 is 10.2 Å².